The Morgan fingerprint density at radius 1 is 1.28 bits per heavy atom. The molecule has 0 radical (unpaired) electrons. The van der Waals surface area contributed by atoms with E-state index >= 15 is 0 Å². The first-order chi connectivity index (χ1) is 13.8. The van der Waals surface area contributed by atoms with Crippen LogP contribution in [0.25, 0.3) is 0 Å². The molecule has 1 aromatic rings. The molecule has 0 heterocycles. The molecule has 2 amide bonds. The number of benzene rings is 1. The first kappa shape index (κ1) is 24.0. The van der Waals surface area contributed by atoms with E-state index in [1.165, 1.54) is 25.3 Å². The number of amides is 2. The van der Waals surface area contributed by atoms with E-state index in [4.69, 9.17) is 21.1 Å². The zero-order valence-corrected chi connectivity index (χ0v) is 17.0. The van der Waals surface area contributed by atoms with Gasteiger partial charge in [-0.3, -0.25) is 9.59 Å². The second kappa shape index (κ2) is 12.4. The average molecular weight is 423 g/mol. The van der Waals surface area contributed by atoms with Crippen LogP contribution in [0.2, 0.25) is 5.02 Å². The van der Waals surface area contributed by atoms with E-state index in [1.807, 2.05) is 0 Å². The third kappa shape index (κ3) is 9.12. The van der Waals surface area contributed by atoms with Gasteiger partial charge in [-0.25, -0.2) is 4.39 Å². The van der Waals surface area contributed by atoms with Crippen LogP contribution in [0.5, 0.6) is 5.75 Å². The van der Waals surface area contributed by atoms with Gasteiger partial charge in [-0.1, -0.05) is 31.3 Å². The molecule has 0 saturated heterocycles. The van der Waals surface area contributed by atoms with Gasteiger partial charge in [-0.2, -0.15) is 0 Å². The topological polar surface area (TPSA) is 76.7 Å². The lowest BCUT2D eigenvalue weighted by atomic mass is 10.2. The number of carbonyl (C=O) groups is 2. The fourth-order valence-electron chi connectivity index (χ4n) is 2.01. The molecule has 0 aliphatic rings. The van der Waals surface area contributed by atoms with Gasteiger partial charge in [0.25, 0.3) is 5.91 Å². The van der Waals surface area contributed by atoms with Gasteiger partial charge in [0.1, 0.15) is 17.3 Å². The Balaban J connectivity index is 2.29. The summed E-state index contributed by atoms with van der Waals surface area (Å²) >= 11 is 5.57. The second-order valence-electron chi connectivity index (χ2n) is 5.86. The first-order valence-corrected chi connectivity index (χ1v) is 9.01. The Bertz CT molecular complexity index is 821. The standard InChI is InChI=1S/C21H24ClFN2O4/c1-5-16(28-4)10-14(2)12-25-21(27)15(3)8-9-24-20(26)13-29-17-6-7-18(22)19(23)11-17/h5-7,10-11H,1-3,8-9,12-13H2,4H3,(H,24,26)(H,25,27)/b16-10+. The van der Waals surface area contributed by atoms with Gasteiger partial charge in [-0.05, 0) is 36.3 Å². The number of nitrogens with one attached hydrogen (secondary N) is 2. The Kier molecular flexibility index (Phi) is 10.3. The molecule has 0 aliphatic carbocycles. The van der Waals surface area contributed by atoms with Gasteiger partial charge in [0, 0.05) is 24.7 Å². The van der Waals surface area contributed by atoms with Crippen LogP contribution in [0.3, 0.4) is 0 Å². The van der Waals surface area contributed by atoms with E-state index in [-0.39, 0.29) is 42.8 Å². The highest BCUT2D eigenvalue weighted by Gasteiger charge is 2.09. The lowest BCUT2D eigenvalue weighted by Gasteiger charge is -2.10. The fraction of sp³-hybridized carbons (Fsp3) is 0.238. The van der Waals surface area contributed by atoms with Crippen molar-refractivity contribution >= 4 is 23.4 Å². The summed E-state index contributed by atoms with van der Waals surface area (Å²) in [6.45, 7) is 11.2. The quantitative estimate of drug-likeness (QED) is 0.308. The maximum Gasteiger partial charge on any atom is 0.257 e. The molecule has 8 heteroatoms. The van der Waals surface area contributed by atoms with Crippen LogP contribution in [0.15, 0.2) is 67.0 Å². The summed E-state index contributed by atoms with van der Waals surface area (Å²) in [4.78, 5) is 23.8. The van der Waals surface area contributed by atoms with Crippen molar-refractivity contribution in [3.8, 4) is 5.75 Å². The molecule has 29 heavy (non-hydrogen) atoms. The Morgan fingerprint density at radius 3 is 2.62 bits per heavy atom. The van der Waals surface area contributed by atoms with Crippen molar-refractivity contribution < 1.29 is 23.5 Å². The Labute approximate surface area is 174 Å². The van der Waals surface area contributed by atoms with Crippen molar-refractivity contribution in [1.82, 2.24) is 10.6 Å². The average Bonchev–Trinajstić information content (AvgIpc) is 2.70. The number of carbonyl (C=O) groups excluding carboxylic acids is 2. The van der Waals surface area contributed by atoms with Crippen LogP contribution >= 0.6 is 11.6 Å². The number of ether oxygens (including phenoxy) is 2. The van der Waals surface area contributed by atoms with E-state index in [2.05, 4.69) is 30.4 Å². The minimum absolute atomic E-state index is 0.0296. The number of methoxy groups -OCH3 is 1. The molecule has 0 aliphatic heterocycles. The number of hydrogen-bond acceptors (Lipinski definition) is 4. The van der Waals surface area contributed by atoms with Crippen molar-refractivity contribution in [1.29, 1.82) is 0 Å². The molecule has 0 spiro atoms. The third-order valence-electron chi connectivity index (χ3n) is 3.59. The summed E-state index contributed by atoms with van der Waals surface area (Å²) in [5.41, 5.74) is 0.936. The van der Waals surface area contributed by atoms with Gasteiger partial charge in [0.2, 0.25) is 5.91 Å². The molecule has 0 aromatic heterocycles. The van der Waals surface area contributed by atoms with Gasteiger partial charge >= 0.3 is 0 Å². The normalized spacial score (nSPS) is 10.7. The molecule has 0 fully saturated rings. The molecule has 6 nitrogen and oxygen atoms in total. The van der Waals surface area contributed by atoms with Crippen LogP contribution in [0.4, 0.5) is 4.39 Å². The number of halogens is 2. The maximum absolute atomic E-state index is 13.3. The minimum Gasteiger partial charge on any atom is -0.497 e. The minimum atomic E-state index is -0.631. The van der Waals surface area contributed by atoms with E-state index in [1.54, 1.807) is 6.08 Å². The Hall–Kier alpha value is -3.06. The molecule has 156 valence electrons. The molecule has 2 N–H and O–H groups in total. The zero-order chi connectivity index (χ0) is 21.8. The molecule has 0 bridgehead atoms. The summed E-state index contributed by atoms with van der Waals surface area (Å²) in [6.07, 6.45) is 3.44. The monoisotopic (exact) mass is 422 g/mol. The lowest BCUT2D eigenvalue weighted by molar-refractivity contribution is -0.123. The molecule has 1 aromatic carbocycles. The number of allylic oxidation sites excluding steroid dienone is 1. The predicted octanol–water partition coefficient (Wildman–Crippen LogP) is 3.31. The highest BCUT2D eigenvalue weighted by Crippen LogP contribution is 2.20. The van der Waals surface area contributed by atoms with Crippen LogP contribution in [-0.4, -0.2) is 38.6 Å². The molecule has 0 atom stereocenters. The van der Waals surface area contributed by atoms with Gasteiger partial charge in [0.15, 0.2) is 6.61 Å². The van der Waals surface area contributed by atoms with E-state index < -0.39 is 11.7 Å². The summed E-state index contributed by atoms with van der Waals surface area (Å²) in [5.74, 6) is -0.668. The van der Waals surface area contributed by atoms with E-state index in [0.29, 0.717) is 16.9 Å². The molecule has 0 unspecified atom stereocenters. The van der Waals surface area contributed by atoms with Crippen LogP contribution in [-0.2, 0) is 14.3 Å². The second-order valence-corrected chi connectivity index (χ2v) is 6.27. The SMILES string of the molecule is C=C/C(=C\C(=C)CNC(=O)C(=C)CCNC(=O)COc1ccc(Cl)c(F)c1)OC. The maximum atomic E-state index is 13.3. The van der Waals surface area contributed by atoms with Gasteiger partial charge < -0.3 is 20.1 Å². The van der Waals surface area contributed by atoms with Crippen molar-refractivity contribution in [2.75, 3.05) is 26.8 Å². The summed E-state index contributed by atoms with van der Waals surface area (Å²) in [6, 6.07) is 3.89. The van der Waals surface area contributed by atoms with Crippen LogP contribution in [0.1, 0.15) is 6.42 Å². The third-order valence-corrected chi connectivity index (χ3v) is 3.90. The van der Waals surface area contributed by atoms with E-state index in [9.17, 15) is 14.0 Å². The molecular formula is C21H24ClFN2O4. The smallest absolute Gasteiger partial charge is 0.257 e. The van der Waals surface area contributed by atoms with Crippen molar-refractivity contribution in [2.24, 2.45) is 0 Å². The summed E-state index contributed by atoms with van der Waals surface area (Å²) < 4.78 is 23.5. The lowest BCUT2D eigenvalue weighted by Crippen LogP contribution is -2.32. The van der Waals surface area contributed by atoms with Crippen molar-refractivity contribution in [3.05, 3.63) is 77.8 Å². The number of rotatable bonds is 12. The highest BCUT2D eigenvalue weighted by atomic mass is 35.5. The van der Waals surface area contributed by atoms with E-state index in [0.717, 1.165) is 6.07 Å². The first-order valence-electron chi connectivity index (χ1n) is 8.63. The zero-order valence-electron chi connectivity index (χ0n) is 16.2. The summed E-state index contributed by atoms with van der Waals surface area (Å²) in [5, 5.41) is 5.24. The van der Waals surface area contributed by atoms with Crippen LogP contribution in [0, 0.1) is 5.82 Å². The molecular weight excluding hydrogens is 399 g/mol. The molecule has 1 rings (SSSR count). The Morgan fingerprint density at radius 2 is 2.00 bits per heavy atom. The van der Waals surface area contributed by atoms with Gasteiger partial charge in [0.05, 0.1) is 12.1 Å². The van der Waals surface area contributed by atoms with Gasteiger partial charge in [-0.15, -0.1) is 0 Å². The largest absolute Gasteiger partial charge is 0.497 e. The summed E-state index contributed by atoms with van der Waals surface area (Å²) in [7, 11) is 1.51. The highest BCUT2D eigenvalue weighted by molar-refractivity contribution is 6.30. The van der Waals surface area contributed by atoms with Crippen molar-refractivity contribution in [2.45, 2.75) is 6.42 Å². The fourth-order valence-corrected chi connectivity index (χ4v) is 2.12. The number of hydrogen-bond donors (Lipinski definition) is 2. The molecule has 0 saturated carbocycles. The van der Waals surface area contributed by atoms with Crippen LogP contribution < -0.4 is 15.4 Å². The predicted molar refractivity (Wildman–Crippen MR) is 111 cm³/mol. The van der Waals surface area contributed by atoms with Crippen molar-refractivity contribution in [3.63, 3.8) is 0 Å².